The number of hydrogen-bond donors (Lipinski definition) is 1. The molecule has 5 heteroatoms. The molecular formula is C24H21NO4. The first kappa shape index (κ1) is 20.0. The molecule has 29 heavy (non-hydrogen) atoms. The lowest BCUT2D eigenvalue weighted by molar-refractivity contribution is -0.148. The molecule has 3 aromatic rings. The minimum absolute atomic E-state index is 0.0330. The van der Waals surface area contributed by atoms with Gasteiger partial charge in [0.15, 0.2) is 6.10 Å². The number of benzene rings is 3. The predicted molar refractivity (Wildman–Crippen MR) is 110 cm³/mol. The summed E-state index contributed by atoms with van der Waals surface area (Å²) < 4.78 is 5.48. The van der Waals surface area contributed by atoms with Crippen LogP contribution in [0.1, 0.15) is 34.9 Å². The third-order valence-corrected chi connectivity index (χ3v) is 4.26. The largest absolute Gasteiger partial charge is 0.449 e. The minimum Gasteiger partial charge on any atom is -0.449 e. The first-order chi connectivity index (χ1) is 14.1. The highest BCUT2D eigenvalue weighted by Crippen LogP contribution is 2.23. The smallest absolute Gasteiger partial charge is 0.307 e. The molecule has 1 N–H and O–H groups in total. The molecule has 0 heterocycles. The maximum atomic E-state index is 12.9. The predicted octanol–water partition coefficient (Wildman–Crippen LogP) is 4.57. The summed E-state index contributed by atoms with van der Waals surface area (Å²) in [6, 6.07) is 26.5. The van der Waals surface area contributed by atoms with Crippen molar-refractivity contribution in [2.24, 2.45) is 0 Å². The van der Waals surface area contributed by atoms with Crippen LogP contribution in [-0.4, -0.2) is 17.7 Å². The molecule has 0 radical (unpaired) electrons. The molecule has 0 aromatic heterocycles. The Morgan fingerprint density at radius 3 is 1.90 bits per heavy atom. The maximum Gasteiger partial charge on any atom is 0.307 e. The highest BCUT2D eigenvalue weighted by atomic mass is 16.5. The molecule has 5 nitrogen and oxygen atoms in total. The zero-order valence-corrected chi connectivity index (χ0v) is 15.8. The van der Waals surface area contributed by atoms with Gasteiger partial charge in [0, 0.05) is 23.2 Å². The highest BCUT2D eigenvalue weighted by molar-refractivity contribution is 6.01. The number of esters is 1. The molecule has 0 saturated carbocycles. The molecular weight excluding hydrogens is 366 g/mol. The van der Waals surface area contributed by atoms with Crippen molar-refractivity contribution in [3.63, 3.8) is 0 Å². The Kier molecular flexibility index (Phi) is 6.90. The lowest BCUT2D eigenvalue weighted by atomic mass is 10.00. The molecule has 0 aliphatic heterocycles. The zero-order valence-electron chi connectivity index (χ0n) is 15.8. The first-order valence-electron chi connectivity index (χ1n) is 9.32. The van der Waals surface area contributed by atoms with Crippen molar-refractivity contribution in [3.8, 4) is 0 Å². The fourth-order valence-corrected chi connectivity index (χ4v) is 2.81. The lowest BCUT2D eigenvalue weighted by Gasteiger charge is -2.17. The van der Waals surface area contributed by atoms with E-state index in [1.807, 2.05) is 30.3 Å². The van der Waals surface area contributed by atoms with Gasteiger partial charge in [-0.2, -0.15) is 0 Å². The molecule has 3 rings (SSSR count). The summed E-state index contributed by atoms with van der Waals surface area (Å²) in [6.07, 6.45) is -1.21. The molecule has 0 aliphatic carbocycles. The number of amides is 1. The monoisotopic (exact) mass is 387 g/mol. The number of Topliss-reactive ketones (excluding diaryl/α,β-unsaturated/α-hetero) is 1. The summed E-state index contributed by atoms with van der Waals surface area (Å²) in [4.78, 5) is 37.3. The topological polar surface area (TPSA) is 72.5 Å². The van der Waals surface area contributed by atoms with Gasteiger partial charge in [0.1, 0.15) is 0 Å². The highest BCUT2D eigenvalue weighted by Gasteiger charge is 2.26. The van der Waals surface area contributed by atoms with E-state index in [0.717, 1.165) is 0 Å². The van der Waals surface area contributed by atoms with Crippen LogP contribution in [0.15, 0.2) is 91.0 Å². The molecule has 0 aliphatic rings. The van der Waals surface area contributed by atoms with Crippen LogP contribution in [0.2, 0.25) is 0 Å². The van der Waals surface area contributed by atoms with Gasteiger partial charge in [-0.1, -0.05) is 78.9 Å². The number of ketones is 1. The fraction of sp³-hybridized carbons (Fsp3) is 0.125. The number of anilines is 1. The quantitative estimate of drug-likeness (QED) is 0.454. The number of rotatable bonds is 8. The van der Waals surface area contributed by atoms with Crippen LogP contribution in [0, 0.1) is 0 Å². The molecule has 0 fully saturated rings. The molecule has 0 spiro atoms. The Morgan fingerprint density at radius 2 is 1.28 bits per heavy atom. The van der Waals surface area contributed by atoms with Gasteiger partial charge in [-0.3, -0.25) is 14.4 Å². The van der Waals surface area contributed by atoms with E-state index >= 15 is 0 Å². The third-order valence-electron chi connectivity index (χ3n) is 4.26. The Bertz CT molecular complexity index is 956. The van der Waals surface area contributed by atoms with Gasteiger partial charge in [0.05, 0.1) is 6.42 Å². The van der Waals surface area contributed by atoms with E-state index in [-0.39, 0.29) is 24.5 Å². The van der Waals surface area contributed by atoms with Crippen molar-refractivity contribution in [1.82, 2.24) is 0 Å². The van der Waals surface area contributed by atoms with Gasteiger partial charge >= 0.3 is 5.97 Å². The lowest BCUT2D eigenvalue weighted by Crippen LogP contribution is -2.21. The van der Waals surface area contributed by atoms with Crippen molar-refractivity contribution in [3.05, 3.63) is 102 Å². The molecule has 0 saturated heterocycles. The molecule has 3 aromatic carbocycles. The average Bonchev–Trinajstić information content (AvgIpc) is 2.77. The molecule has 146 valence electrons. The Balaban J connectivity index is 1.64. The Hall–Kier alpha value is -3.73. The van der Waals surface area contributed by atoms with Crippen LogP contribution in [0.5, 0.6) is 0 Å². The van der Waals surface area contributed by atoms with E-state index in [1.54, 1.807) is 60.7 Å². The molecule has 1 atom stereocenters. The average molecular weight is 387 g/mol. The van der Waals surface area contributed by atoms with Crippen LogP contribution in [0.3, 0.4) is 0 Å². The SMILES string of the molecule is O=C(CCC(=O)O[C@@H](C(=O)c1ccccc1)c1ccccc1)Nc1ccccc1. The maximum absolute atomic E-state index is 12.9. The van der Waals surface area contributed by atoms with E-state index in [0.29, 0.717) is 16.8 Å². The van der Waals surface area contributed by atoms with Gasteiger partial charge in [-0.05, 0) is 12.1 Å². The van der Waals surface area contributed by atoms with Crippen LogP contribution in [-0.2, 0) is 14.3 Å². The van der Waals surface area contributed by atoms with Gasteiger partial charge in [0.2, 0.25) is 11.7 Å². The second kappa shape index (κ2) is 9.99. The number of para-hydroxylation sites is 1. The summed E-state index contributed by atoms with van der Waals surface area (Å²) in [7, 11) is 0. The second-order valence-electron chi connectivity index (χ2n) is 6.43. The number of carbonyl (C=O) groups excluding carboxylic acids is 3. The third kappa shape index (κ3) is 5.87. The van der Waals surface area contributed by atoms with Crippen LogP contribution in [0.25, 0.3) is 0 Å². The zero-order chi connectivity index (χ0) is 20.5. The number of hydrogen-bond acceptors (Lipinski definition) is 4. The molecule has 1 amide bonds. The Labute approximate surface area is 169 Å². The minimum atomic E-state index is -1.05. The standard InChI is InChI=1S/C24H21NO4/c26-21(25-20-14-8-3-9-15-20)16-17-22(27)29-24(19-12-6-2-7-13-19)23(28)18-10-4-1-5-11-18/h1-15,24H,16-17H2,(H,25,26)/t24-/m1/s1. The summed E-state index contributed by atoms with van der Waals surface area (Å²) in [5.41, 5.74) is 1.70. The van der Waals surface area contributed by atoms with Crippen molar-refractivity contribution in [2.45, 2.75) is 18.9 Å². The summed E-state index contributed by atoms with van der Waals surface area (Å²) in [5, 5.41) is 2.72. The van der Waals surface area contributed by atoms with Crippen molar-refractivity contribution < 1.29 is 19.1 Å². The number of nitrogens with one attached hydrogen (secondary N) is 1. The van der Waals surface area contributed by atoms with Crippen molar-refractivity contribution >= 4 is 23.3 Å². The van der Waals surface area contributed by atoms with Gasteiger partial charge < -0.3 is 10.1 Å². The van der Waals surface area contributed by atoms with Gasteiger partial charge in [-0.25, -0.2) is 0 Å². The van der Waals surface area contributed by atoms with E-state index in [4.69, 9.17) is 4.74 Å². The summed E-state index contributed by atoms with van der Waals surface area (Å²) >= 11 is 0. The van der Waals surface area contributed by atoms with Crippen molar-refractivity contribution in [2.75, 3.05) is 5.32 Å². The van der Waals surface area contributed by atoms with E-state index in [2.05, 4.69) is 5.32 Å². The number of ether oxygens (including phenoxy) is 1. The molecule has 0 unspecified atom stereocenters. The van der Waals surface area contributed by atoms with Gasteiger partial charge in [-0.15, -0.1) is 0 Å². The van der Waals surface area contributed by atoms with E-state index < -0.39 is 12.1 Å². The Morgan fingerprint density at radius 1 is 0.724 bits per heavy atom. The summed E-state index contributed by atoms with van der Waals surface area (Å²) in [5.74, 6) is -1.20. The molecule has 0 bridgehead atoms. The van der Waals surface area contributed by atoms with Crippen LogP contribution >= 0.6 is 0 Å². The number of carbonyl (C=O) groups is 3. The van der Waals surface area contributed by atoms with Crippen molar-refractivity contribution in [1.29, 1.82) is 0 Å². The van der Waals surface area contributed by atoms with Gasteiger partial charge in [0.25, 0.3) is 0 Å². The first-order valence-corrected chi connectivity index (χ1v) is 9.32. The summed E-state index contributed by atoms with van der Waals surface area (Å²) in [6.45, 7) is 0. The van der Waals surface area contributed by atoms with Crippen LogP contribution < -0.4 is 5.32 Å². The van der Waals surface area contributed by atoms with Crippen LogP contribution in [0.4, 0.5) is 5.69 Å². The second-order valence-corrected chi connectivity index (χ2v) is 6.43. The fourth-order valence-electron chi connectivity index (χ4n) is 2.81. The van der Waals surface area contributed by atoms with E-state index in [9.17, 15) is 14.4 Å². The van der Waals surface area contributed by atoms with E-state index in [1.165, 1.54) is 0 Å². The normalized spacial score (nSPS) is 11.3.